The van der Waals surface area contributed by atoms with Crippen LogP contribution in [0.4, 0.5) is 15.5 Å². The van der Waals surface area contributed by atoms with Gasteiger partial charge in [-0.25, -0.2) is 4.79 Å². The number of amides is 2. The number of aliphatic hydroxyl groups excluding tert-OH is 1. The lowest BCUT2D eigenvalue weighted by molar-refractivity contribution is 0.175. The highest BCUT2D eigenvalue weighted by molar-refractivity contribution is 7.14. The first-order valence-electron chi connectivity index (χ1n) is 6.60. The van der Waals surface area contributed by atoms with Crippen LogP contribution in [0.15, 0.2) is 41.8 Å². The zero-order chi connectivity index (χ0) is 15.2. The second-order valence-corrected chi connectivity index (χ2v) is 5.76. The molecule has 1 aromatic heterocycles. The molecule has 0 radical (unpaired) electrons. The number of urea groups is 1. The van der Waals surface area contributed by atoms with E-state index in [0.29, 0.717) is 0 Å². The summed E-state index contributed by atoms with van der Waals surface area (Å²) in [6.45, 7) is 0.165. The molecule has 2 aromatic rings. The fraction of sp³-hybridized carbons (Fsp3) is 0.267. The van der Waals surface area contributed by atoms with Gasteiger partial charge in [-0.2, -0.15) is 0 Å². The number of aliphatic hydroxyl groups is 1. The van der Waals surface area contributed by atoms with Gasteiger partial charge >= 0.3 is 6.03 Å². The minimum atomic E-state index is -0.727. The number of hydrogen-bond acceptors (Lipinski definition) is 4. The third-order valence-electron chi connectivity index (χ3n) is 3.01. The Kier molecular flexibility index (Phi) is 5.19. The maximum atomic E-state index is 11.7. The molecule has 3 N–H and O–H groups in total. The smallest absolute Gasteiger partial charge is 0.319 e. The first kappa shape index (κ1) is 15.3. The Hall–Kier alpha value is -2.05. The minimum Gasteiger partial charge on any atom is -0.387 e. The first-order chi connectivity index (χ1) is 10.1. The second-order valence-electron chi connectivity index (χ2n) is 4.81. The summed E-state index contributed by atoms with van der Waals surface area (Å²) in [6.07, 6.45) is -0.727. The molecule has 0 aliphatic carbocycles. The number of carbonyl (C=O) groups is 1. The summed E-state index contributed by atoms with van der Waals surface area (Å²) in [5.41, 5.74) is 1.84. The van der Waals surface area contributed by atoms with Crippen LogP contribution in [0.2, 0.25) is 0 Å². The number of anilines is 2. The average Bonchev–Trinajstić information content (AvgIpc) is 2.97. The summed E-state index contributed by atoms with van der Waals surface area (Å²) in [6, 6.07) is 11.0. The fourth-order valence-electron chi connectivity index (χ4n) is 1.81. The van der Waals surface area contributed by atoms with Crippen molar-refractivity contribution in [1.82, 2.24) is 5.32 Å². The van der Waals surface area contributed by atoms with Crippen molar-refractivity contribution in [2.24, 2.45) is 0 Å². The van der Waals surface area contributed by atoms with E-state index in [-0.39, 0.29) is 12.6 Å². The van der Waals surface area contributed by atoms with Gasteiger partial charge in [-0.3, -0.25) is 5.32 Å². The normalized spacial score (nSPS) is 11.8. The Bertz CT molecular complexity index is 567. The van der Waals surface area contributed by atoms with Crippen LogP contribution in [0.3, 0.4) is 0 Å². The number of nitrogens with zero attached hydrogens (tertiary/aromatic N) is 1. The van der Waals surface area contributed by atoms with Crippen molar-refractivity contribution in [2.45, 2.75) is 6.10 Å². The maximum absolute atomic E-state index is 11.7. The predicted octanol–water partition coefficient (Wildman–Crippen LogP) is 2.67. The monoisotopic (exact) mass is 305 g/mol. The molecule has 0 saturated heterocycles. The molecule has 0 fully saturated rings. The number of carbonyl (C=O) groups excluding carboxylic acids is 1. The summed E-state index contributed by atoms with van der Waals surface area (Å²) in [5.74, 6) is 0. The molecule has 1 aromatic carbocycles. The molecule has 21 heavy (non-hydrogen) atoms. The van der Waals surface area contributed by atoms with Gasteiger partial charge in [0.2, 0.25) is 0 Å². The second kappa shape index (κ2) is 7.10. The highest BCUT2D eigenvalue weighted by atomic mass is 32.1. The van der Waals surface area contributed by atoms with E-state index in [4.69, 9.17) is 0 Å². The molecule has 0 aliphatic heterocycles. The number of hydrogen-bond donors (Lipinski definition) is 3. The lowest BCUT2D eigenvalue weighted by Crippen LogP contribution is -2.32. The SMILES string of the molecule is CN(C)c1ccc([C@H](O)CNC(=O)Nc2cccs2)cc1. The van der Waals surface area contributed by atoms with Crippen LogP contribution >= 0.6 is 11.3 Å². The zero-order valence-electron chi connectivity index (χ0n) is 12.0. The Balaban J connectivity index is 1.83. The zero-order valence-corrected chi connectivity index (χ0v) is 12.9. The minimum absolute atomic E-state index is 0.165. The van der Waals surface area contributed by atoms with E-state index >= 15 is 0 Å². The molecule has 2 rings (SSSR count). The predicted molar refractivity (Wildman–Crippen MR) is 87.1 cm³/mol. The van der Waals surface area contributed by atoms with E-state index in [9.17, 15) is 9.90 Å². The van der Waals surface area contributed by atoms with Crippen molar-refractivity contribution in [1.29, 1.82) is 0 Å². The molecular weight excluding hydrogens is 286 g/mol. The molecule has 0 spiro atoms. The molecular formula is C15H19N3O2S. The molecule has 2 amide bonds. The standard InChI is InChI=1S/C15H19N3O2S/c1-18(2)12-7-5-11(6-8-12)13(19)10-16-15(20)17-14-4-3-9-21-14/h3-9,13,19H,10H2,1-2H3,(H2,16,17,20)/t13-/m1/s1. The van der Waals surface area contributed by atoms with Crippen molar-refractivity contribution >= 4 is 28.1 Å². The molecule has 0 saturated carbocycles. The third-order valence-corrected chi connectivity index (χ3v) is 3.79. The van der Waals surface area contributed by atoms with Gasteiger partial charge in [0.1, 0.15) is 0 Å². The number of nitrogens with one attached hydrogen (secondary N) is 2. The van der Waals surface area contributed by atoms with Crippen molar-refractivity contribution in [3.8, 4) is 0 Å². The third kappa shape index (κ3) is 4.47. The van der Waals surface area contributed by atoms with Crippen LogP contribution in [-0.4, -0.2) is 31.8 Å². The topological polar surface area (TPSA) is 64.6 Å². The van der Waals surface area contributed by atoms with Crippen LogP contribution in [0.5, 0.6) is 0 Å². The Morgan fingerprint density at radius 1 is 1.29 bits per heavy atom. The van der Waals surface area contributed by atoms with Crippen LogP contribution in [0.1, 0.15) is 11.7 Å². The Labute approximate surface area is 128 Å². The van der Waals surface area contributed by atoms with E-state index in [1.165, 1.54) is 11.3 Å². The van der Waals surface area contributed by atoms with E-state index in [1.54, 1.807) is 0 Å². The van der Waals surface area contributed by atoms with E-state index < -0.39 is 6.10 Å². The molecule has 1 heterocycles. The molecule has 0 unspecified atom stereocenters. The van der Waals surface area contributed by atoms with Crippen molar-refractivity contribution in [2.75, 3.05) is 30.9 Å². The maximum Gasteiger partial charge on any atom is 0.319 e. The first-order valence-corrected chi connectivity index (χ1v) is 7.48. The van der Waals surface area contributed by atoms with Gasteiger partial charge in [-0.05, 0) is 35.2 Å². The van der Waals surface area contributed by atoms with Crippen LogP contribution in [0, 0.1) is 0 Å². The average molecular weight is 305 g/mol. The van der Waals surface area contributed by atoms with Gasteiger partial charge in [0.05, 0.1) is 11.1 Å². The van der Waals surface area contributed by atoms with Gasteiger partial charge in [0, 0.05) is 26.3 Å². The number of rotatable bonds is 5. The van der Waals surface area contributed by atoms with E-state index in [2.05, 4.69) is 10.6 Å². The van der Waals surface area contributed by atoms with Crippen molar-refractivity contribution < 1.29 is 9.90 Å². The Morgan fingerprint density at radius 3 is 2.57 bits per heavy atom. The van der Waals surface area contributed by atoms with Crippen LogP contribution < -0.4 is 15.5 Å². The van der Waals surface area contributed by atoms with Crippen LogP contribution in [0.25, 0.3) is 0 Å². The summed E-state index contributed by atoms with van der Waals surface area (Å²) in [5, 5.41) is 18.1. The highest BCUT2D eigenvalue weighted by Crippen LogP contribution is 2.18. The van der Waals surface area contributed by atoms with Gasteiger partial charge in [-0.15, -0.1) is 11.3 Å². The Morgan fingerprint density at radius 2 is 2.00 bits per heavy atom. The molecule has 112 valence electrons. The molecule has 5 nitrogen and oxygen atoms in total. The lowest BCUT2D eigenvalue weighted by atomic mass is 10.1. The summed E-state index contributed by atoms with van der Waals surface area (Å²) in [7, 11) is 3.92. The fourth-order valence-corrected chi connectivity index (χ4v) is 2.42. The van der Waals surface area contributed by atoms with Gasteiger partial charge in [-0.1, -0.05) is 12.1 Å². The van der Waals surface area contributed by atoms with Crippen LogP contribution in [-0.2, 0) is 0 Å². The van der Waals surface area contributed by atoms with Crippen molar-refractivity contribution in [3.63, 3.8) is 0 Å². The molecule has 6 heteroatoms. The van der Waals surface area contributed by atoms with Crippen molar-refractivity contribution in [3.05, 3.63) is 47.3 Å². The number of thiophene rings is 1. The van der Waals surface area contributed by atoms with E-state index in [1.807, 2.05) is 60.8 Å². The largest absolute Gasteiger partial charge is 0.387 e. The molecule has 1 atom stereocenters. The molecule has 0 aliphatic rings. The summed E-state index contributed by atoms with van der Waals surface area (Å²) >= 11 is 1.45. The lowest BCUT2D eigenvalue weighted by Gasteiger charge is -2.15. The highest BCUT2D eigenvalue weighted by Gasteiger charge is 2.10. The van der Waals surface area contributed by atoms with Gasteiger partial charge < -0.3 is 15.3 Å². The summed E-state index contributed by atoms with van der Waals surface area (Å²) in [4.78, 5) is 13.6. The summed E-state index contributed by atoms with van der Waals surface area (Å²) < 4.78 is 0. The quantitative estimate of drug-likeness (QED) is 0.796. The number of benzene rings is 1. The van der Waals surface area contributed by atoms with Gasteiger partial charge in [0.25, 0.3) is 0 Å². The van der Waals surface area contributed by atoms with E-state index in [0.717, 1.165) is 16.3 Å². The van der Waals surface area contributed by atoms with Gasteiger partial charge in [0.15, 0.2) is 0 Å². The molecule has 0 bridgehead atoms.